The van der Waals surface area contributed by atoms with Crippen molar-refractivity contribution in [3.8, 4) is 0 Å². The number of hydrogen-bond donors (Lipinski definition) is 3. The zero-order valence-electron chi connectivity index (χ0n) is 9.73. The summed E-state index contributed by atoms with van der Waals surface area (Å²) in [7, 11) is 0. The molecule has 3 N–H and O–H groups in total. The molecular formula is C10H17N3O4. The zero-order valence-corrected chi connectivity index (χ0v) is 9.73. The third-order valence-electron chi connectivity index (χ3n) is 2.58. The summed E-state index contributed by atoms with van der Waals surface area (Å²) in [5.74, 6) is -1.29. The van der Waals surface area contributed by atoms with E-state index < -0.39 is 18.0 Å². The van der Waals surface area contributed by atoms with E-state index in [0.717, 1.165) is 11.3 Å². The quantitative estimate of drug-likeness (QED) is 0.613. The van der Waals surface area contributed by atoms with E-state index in [9.17, 15) is 14.4 Å². The molecule has 17 heavy (non-hydrogen) atoms. The predicted molar refractivity (Wildman–Crippen MR) is 59.4 cm³/mol. The number of piperidine rings is 1. The van der Waals surface area contributed by atoms with Crippen LogP contribution in [0.2, 0.25) is 0 Å². The van der Waals surface area contributed by atoms with Gasteiger partial charge in [0.2, 0.25) is 5.91 Å². The Labute approximate surface area is 99.2 Å². The van der Waals surface area contributed by atoms with Gasteiger partial charge in [-0.1, -0.05) is 0 Å². The van der Waals surface area contributed by atoms with Crippen LogP contribution in [0.3, 0.4) is 0 Å². The van der Waals surface area contributed by atoms with Crippen molar-refractivity contribution in [1.29, 1.82) is 0 Å². The van der Waals surface area contributed by atoms with Crippen LogP contribution in [0.1, 0.15) is 19.8 Å². The molecule has 1 aliphatic rings. The average Bonchev–Trinajstić information content (AvgIpc) is 2.28. The second kappa shape index (κ2) is 6.07. The minimum Gasteiger partial charge on any atom is -0.480 e. The molecule has 3 amide bonds. The summed E-state index contributed by atoms with van der Waals surface area (Å²) in [5, 5.41) is 13.8. The first-order valence-electron chi connectivity index (χ1n) is 5.59. The smallest absolute Gasteiger partial charge is 0.323 e. The van der Waals surface area contributed by atoms with E-state index in [-0.39, 0.29) is 19.0 Å². The molecule has 96 valence electrons. The van der Waals surface area contributed by atoms with Crippen LogP contribution in [0, 0.1) is 0 Å². The van der Waals surface area contributed by atoms with Gasteiger partial charge >= 0.3 is 12.0 Å². The van der Waals surface area contributed by atoms with Crippen LogP contribution in [0.15, 0.2) is 0 Å². The number of carbonyl (C=O) groups excluding carboxylic acids is 2. The number of carboxylic acid groups (broad SMARTS) is 1. The van der Waals surface area contributed by atoms with E-state index >= 15 is 0 Å². The molecule has 7 nitrogen and oxygen atoms in total. The van der Waals surface area contributed by atoms with Crippen molar-refractivity contribution < 1.29 is 19.5 Å². The summed E-state index contributed by atoms with van der Waals surface area (Å²) in [6.07, 6.45) is 1.39. The predicted octanol–water partition coefficient (Wildman–Crippen LogP) is -0.619. The number of carbonyl (C=O) groups is 3. The van der Waals surface area contributed by atoms with Crippen LogP contribution in [0.25, 0.3) is 0 Å². The Morgan fingerprint density at radius 2 is 2.29 bits per heavy atom. The number of carboxylic acids is 1. The number of nitrogens with one attached hydrogen (secondary N) is 2. The molecule has 0 spiro atoms. The fourth-order valence-electron chi connectivity index (χ4n) is 1.64. The third kappa shape index (κ3) is 3.93. The standard InChI is InChI=1S/C10H17N3O4/c1-2-13(6-8(14)15)10(17)12-7-4-3-5-11-9(7)16/h7H,2-6H2,1H3,(H,11,16)(H,12,17)(H,14,15). The van der Waals surface area contributed by atoms with Crippen molar-refractivity contribution in [3.63, 3.8) is 0 Å². The molecule has 0 aliphatic carbocycles. The summed E-state index contributed by atoms with van der Waals surface area (Å²) >= 11 is 0. The number of nitrogens with zero attached hydrogens (tertiary/aromatic N) is 1. The molecule has 1 rings (SSSR count). The molecule has 1 heterocycles. The van der Waals surface area contributed by atoms with Gasteiger partial charge in [0, 0.05) is 13.1 Å². The highest BCUT2D eigenvalue weighted by molar-refractivity contribution is 5.88. The summed E-state index contributed by atoms with van der Waals surface area (Å²) in [4.78, 5) is 34.8. The Balaban J connectivity index is 2.50. The first-order valence-corrected chi connectivity index (χ1v) is 5.59. The molecule has 1 saturated heterocycles. The third-order valence-corrected chi connectivity index (χ3v) is 2.58. The number of aliphatic carboxylic acids is 1. The maximum atomic E-state index is 11.7. The van der Waals surface area contributed by atoms with E-state index in [0.29, 0.717) is 13.0 Å². The van der Waals surface area contributed by atoms with Crippen molar-refractivity contribution in [1.82, 2.24) is 15.5 Å². The Bertz CT molecular complexity index is 319. The lowest BCUT2D eigenvalue weighted by atomic mass is 10.1. The molecule has 0 bridgehead atoms. The first kappa shape index (κ1) is 13.3. The van der Waals surface area contributed by atoms with Crippen molar-refractivity contribution in [3.05, 3.63) is 0 Å². The van der Waals surface area contributed by atoms with E-state index in [1.807, 2.05) is 0 Å². The average molecular weight is 243 g/mol. The number of urea groups is 1. The summed E-state index contributed by atoms with van der Waals surface area (Å²) in [6, 6.07) is -1.07. The Kier molecular flexibility index (Phi) is 4.74. The van der Waals surface area contributed by atoms with Gasteiger partial charge in [0.15, 0.2) is 0 Å². The van der Waals surface area contributed by atoms with Crippen LogP contribution < -0.4 is 10.6 Å². The lowest BCUT2D eigenvalue weighted by molar-refractivity contribution is -0.137. The topological polar surface area (TPSA) is 98.7 Å². The lowest BCUT2D eigenvalue weighted by Gasteiger charge is -2.26. The van der Waals surface area contributed by atoms with Gasteiger partial charge in [-0.3, -0.25) is 9.59 Å². The fourth-order valence-corrected chi connectivity index (χ4v) is 1.64. The largest absolute Gasteiger partial charge is 0.480 e. The van der Waals surface area contributed by atoms with E-state index in [2.05, 4.69) is 10.6 Å². The maximum absolute atomic E-state index is 11.7. The first-order chi connectivity index (χ1) is 8.04. The van der Waals surface area contributed by atoms with Crippen LogP contribution in [-0.2, 0) is 9.59 Å². The van der Waals surface area contributed by atoms with Crippen LogP contribution in [-0.4, -0.2) is 53.6 Å². The number of amides is 3. The van der Waals surface area contributed by atoms with Gasteiger partial charge in [-0.25, -0.2) is 4.79 Å². The van der Waals surface area contributed by atoms with Crippen molar-refractivity contribution in [2.24, 2.45) is 0 Å². The highest BCUT2D eigenvalue weighted by Gasteiger charge is 2.25. The lowest BCUT2D eigenvalue weighted by Crippen LogP contribution is -2.54. The number of rotatable bonds is 4. The molecule has 1 atom stereocenters. The molecule has 0 radical (unpaired) electrons. The highest BCUT2D eigenvalue weighted by Crippen LogP contribution is 2.03. The van der Waals surface area contributed by atoms with Gasteiger partial charge in [0.05, 0.1) is 0 Å². The molecule has 1 unspecified atom stereocenters. The van der Waals surface area contributed by atoms with Crippen molar-refractivity contribution in [2.45, 2.75) is 25.8 Å². The number of likely N-dealkylation sites (N-methyl/N-ethyl adjacent to an activating group) is 1. The van der Waals surface area contributed by atoms with E-state index in [1.165, 1.54) is 0 Å². The summed E-state index contributed by atoms with van der Waals surface area (Å²) < 4.78 is 0. The van der Waals surface area contributed by atoms with E-state index in [4.69, 9.17) is 5.11 Å². The molecule has 0 saturated carbocycles. The monoisotopic (exact) mass is 243 g/mol. The van der Waals surface area contributed by atoms with Gasteiger partial charge in [-0.05, 0) is 19.8 Å². The number of hydrogen-bond acceptors (Lipinski definition) is 3. The molecular weight excluding hydrogens is 226 g/mol. The summed E-state index contributed by atoms with van der Waals surface area (Å²) in [6.45, 7) is 2.23. The van der Waals surface area contributed by atoms with Gasteiger partial charge in [-0.15, -0.1) is 0 Å². The van der Waals surface area contributed by atoms with Crippen LogP contribution in [0.4, 0.5) is 4.79 Å². The highest BCUT2D eigenvalue weighted by atomic mass is 16.4. The van der Waals surface area contributed by atoms with Crippen LogP contribution in [0.5, 0.6) is 0 Å². The van der Waals surface area contributed by atoms with Gasteiger partial charge in [0.1, 0.15) is 12.6 Å². The minimum absolute atomic E-state index is 0.212. The molecule has 0 aromatic carbocycles. The van der Waals surface area contributed by atoms with Gasteiger partial charge in [0.25, 0.3) is 0 Å². The zero-order chi connectivity index (χ0) is 12.8. The van der Waals surface area contributed by atoms with E-state index in [1.54, 1.807) is 6.92 Å². The molecule has 1 aliphatic heterocycles. The van der Waals surface area contributed by atoms with Gasteiger partial charge < -0.3 is 20.6 Å². The van der Waals surface area contributed by atoms with Crippen LogP contribution >= 0.6 is 0 Å². The Morgan fingerprint density at radius 3 is 2.82 bits per heavy atom. The minimum atomic E-state index is -1.07. The normalized spacial score (nSPS) is 19.4. The fraction of sp³-hybridized carbons (Fsp3) is 0.700. The molecule has 7 heteroatoms. The second-order valence-corrected chi connectivity index (χ2v) is 3.84. The SMILES string of the molecule is CCN(CC(=O)O)C(=O)NC1CCCNC1=O. The van der Waals surface area contributed by atoms with Crippen molar-refractivity contribution >= 4 is 17.9 Å². The molecule has 1 fully saturated rings. The molecule has 0 aromatic rings. The Hall–Kier alpha value is -1.79. The summed E-state index contributed by atoms with van der Waals surface area (Å²) in [5.41, 5.74) is 0. The van der Waals surface area contributed by atoms with Gasteiger partial charge in [-0.2, -0.15) is 0 Å². The second-order valence-electron chi connectivity index (χ2n) is 3.84. The molecule has 0 aromatic heterocycles. The maximum Gasteiger partial charge on any atom is 0.323 e. The van der Waals surface area contributed by atoms with Crippen molar-refractivity contribution in [2.75, 3.05) is 19.6 Å². The Morgan fingerprint density at radius 1 is 1.59 bits per heavy atom.